The molecule has 0 amide bonds. The van der Waals surface area contributed by atoms with E-state index in [0.29, 0.717) is 13.1 Å². The van der Waals surface area contributed by atoms with Crippen molar-refractivity contribution in [2.24, 2.45) is 0 Å². The highest BCUT2D eigenvalue weighted by atomic mass is 35.5. The minimum Gasteiger partial charge on any atom is -0.378 e. The van der Waals surface area contributed by atoms with E-state index in [2.05, 4.69) is 39.6 Å². The van der Waals surface area contributed by atoms with Crippen LogP contribution in [0.15, 0.2) is 36.5 Å². The molecule has 0 fully saturated rings. The van der Waals surface area contributed by atoms with E-state index in [9.17, 15) is 4.39 Å². The molecule has 1 aromatic heterocycles. The summed E-state index contributed by atoms with van der Waals surface area (Å²) in [6, 6.07) is 10.3. The number of aryl methyl sites for hydroxylation is 1. The molecule has 0 spiro atoms. The highest BCUT2D eigenvalue weighted by molar-refractivity contribution is 5.85. The number of nitrogens with zero attached hydrogens (tertiary/aromatic N) is 3. The number of nitrogens with one attached hydrogen (secondary N) is 1. The fourth-order valence-corrected chi connectivity index (χ4v) is 2.04. The molecule has 0 aliphatic carbocycles. The van der Waals surface area contributed by atoms with Crippen LogP contribution in [0.25, 0.3) is 0 Å². The van der Waals surface area contributed by atoms with Crippen molar-refractivity contribution in [3.05, 3.63) is 47.8 Å². The van der Waals surface area contributed by atoms with Crippen molar-refractivity contribution in [1.82, 2.24) is 15.1 Å². The van der Waals surface area contributed by atoms with Crippen LogP contribution in [0, 0.1) is 0 Å². The van der Waals surface area contributed by atoms with Gasteiger partial charge in [-0.15, -0.1) is 24.8 Å². The van der Waals surface area contributed by atoms with E-state index in [0.717, 1.165) is 12.2 Å². The lowest BCUT2D eigenvalue weighted by Crippen LogP contribution is -2.17. The van der Waals surface area contributed by atoms with Crippen molar-refractivity contribution in [3.8, 4) is 0 Å². The Morgan fingerprint density at radius 3 is 2.36 bits per heavy atom. The fraction of sp³-hybridized carbons (Fsp3) is 0.400. The summed E-state index contributed by atoms with van der Waals surface area (Å²) in [5, 5.41) is 7.45. The molecule has 4 nitrogen and oxygen atoms in total. The number of halogens is 3. The van der Waals surface area contributed by atoms with Crippen LogP contribution in [0.2, 0.25) is 0 Å². The third-order valence-corrected chi connectivity index (χ3v) is 3.19. The Hall–Kier alpha value is -1.30. The summed E-state index contributed by atoms with van der Waals surface area (Å²) in [7, 11) is 4.05. The van der Waals surface area contributed by atoms with Crippen LogP contribution in [0.1, 0.15) is 11.3 Å². The average molecular weight is 349 g/mol. The van der Waals surface area contributed by atoms with E-state index in [1.54, 1.807) is 10.9 Å². The standard InChI is InChI=1S/C15H21FN4.2ClH/c1-19(2)14-5-3-13(4-6-14)11-17-12-15-7-9-18-20(15)10-8-16;;/h3-7,9,17H,8,10-12H2,1-2H3;2*1H. The Morgan fingerprint density at radius 2 is 1.77 bits per heavy atom. The van der Waals surface area contributed by atoms with Gasteiger partial charge in [0.1, 0.15) is 6.67 Å². The van der Waals surface area contributed by atoms with Crippen molar-refractivity contribution in [2.45, 2.75) is 19.6 Å². The molecule has 7 heteroatoms. The molecule has 0 saturated carbocycles. The largest absolute Gasteiger partial charge is 0.378 e. The van der Waals surface area contributed by atoms with Crippen LogP contribution in [-0.4, -0.2) is 30.6 Å². The van der Waals surface area contributed by atoms with Crippen LogP contribution >= 0.6 is 24.8 Å². The monoisotopic (exact) mass is 348 g/mol. The van der Waals surface area contributed by atoms with Gasteiger partial charge in [0.25, 0.3) is 0 Å². The third-order valence-electron chi connectivity index (χ3n) is 3.19. The van der Waals surface area contributed by atoms with Crippen molar-refractivity contribution >= 4 is 30.5 Å². The molecular formula is C15H23Cl2FN4. The first-order valence-electron chi connectivity index (χ1n) is 6.74. The van der Waals surface area contributed by atoms with E-state index in [1.165, 1.54) is 11.3 Å². The summed E-state index contributed by atoms with van der Waals surface area (Å²) in [4.78, 5) is 2.08. The van der Waals surface area contributed by atoms with Crippen LogP contribution in [0.4, 0.5) is 10.1 Å². The zero-order chi connectivity index (χ0) is 14.4. The topological polar surface area (TPSA) is 33.1 Å². The first-order chi connectivity index (χ1) is 9.70. The van der Waals surface area contributed by atoms with Gasteiger partial charge in [0.05, 0.1) is 12.2 Å². The van der Waals surface area contributed by atoms with Crippen molar-refractivity contribution in [2.75, 3.05) is 25.7 Å². The van der Waals surface area contributed by atoms with Gasteiger partial charge >= 0.3 is 0 Å². The summed E-state index contributed by atoms with van der Waals surface area (Å²) < 4.78 is 14.0. The SMILES string of the molecule is CN(C)c1ccc(CNCc2ccnn2CCF)cc1.Cl.Cl. The van der Waals surface area contributed by atoms with Crippen LogP contribution in [-0.2, 0) is 19.6 Å². The molecular weight excluding hydrogens is 326 g/mol. The average Bonchev–Trinajstić information content (AvgIpc) is 2.87. The van der Waals surface area contributed by atoms with Gasteiger partial charge in [-0.05, 0) is 23.8 Å². The molecule has 0 bridgehead atoms. The number of alkyl halides is 1. The minimum absolute atomic E-state index is 0. The van der Waals surface area contributed by atoms with Crippen LogP contribution in [0.3, 0.4) is 0 Å². The fourth-order valence-electron chi connectivity index (χ4n) is 2.04. The molecule has 1 N–H and O–H groups in total. The van der Waals surface area contributed by atoms with E-state index >= 15 is 0 Å². The van der Waals surface area contributed by atoms with E-state index in [4.69, 9.17) is 0 Å². The molecule has 22 heavy (non-hydrogen) atoms. The van der Waals surface area contributed by atoms with Gasteiger partial charge < -0.3 is 10.2 Å². The molecule has 2 rings (SSSR count). The maximum absolute atomic E-state index is 12.3. The molecule has 1 aromatic carbocycles. The second kappa shape index (κ2) is 10.4. The molecule has 0 aliphatic rings. The molecule has 2 aromatic rings. The van der Waals surface area contributed by atoms with Gasteiger partial charge in [-0.25, -0.2) is 4.39 Å². The van der Waals surface area contributed by atoms with E-state index < -0.39 is 0 Å². The Balaban J connectivity index is 0.00000220. The van der Waals surface area contributed by atoms with Gasteiger partial charge in [-0.3, -0.25) is 4.68 Å². The highest BCUT2D eigenvalue weighted by Crippen LogP contribution is 2.12. The predicted octanol–water partition coefficient (Wildman–Crippen LogP) is 3.05. The number of benzene rings is 1. The lowest BCUT2D eigenvalue weighted by atomic mass is 10.2. The Labute approximate surface area is 143 Å². The summed E-state index contributed by atoms with van der Waals surface area (Å²) >= 11 is 0. The minimum atomic E-state index is -0.388. The Kier molecular flexibility index (Phi) is 9.81. The van der Waals surface area contributed by atoms with Crippen LogP contribution in [0.5, 0.6) is 0 Å². The van der Waals surface area contributed by atoms with Gasteiger partial charge in [0.15, 0.2) is 0 Å². The molecule has 1 heterocycles. The molecule has 0 unspecified atom stereocenters. The third kappa shape index (κ3) is 5.83. The first-order valence-corrected chi connectivity index (χ1v) is 6.74. The van der Waals surface area contributed by atoms with Crippen molar-refractivity contribution < 1.29 is 4.39 Å². The Bertz CT molecular complexity index is 529. The van der Waals surface area contributed by atoms with Gasteiger partial charge in [0.2, 0.25) is 0 Å². The van der Waals surface area contributed by atoms with E-state index in [1.807, 2.05) is 20.2 Å². The number of rotatable bonds is 7. The smallest absolute Gasteiger partial charge is 0.109 e. The predicted molar refractivity (Wildman–Crippen MR) is 94.0 cm³/mol. The quantitative estimate of drug-likeness (QED) is 0.834. The number of hydrogen-bond donors (Lipinski definition) is 1. The van der Waals surface area contributed by atoms with Crippen molar-refractivity contribution in [3.63, 3.8) is 0 Å². The molecule has 0 atom stereocenters. The molecule has 124 valence electrons. The zero-order valence-corrected chi connectivity index (χ0v) is 14.5. The van der Waals surface area contributed by atoms with Gasteiger partial charge in [0, 0.05) is 39.1 Å². The number of anilines is 1. The van der Waals surface area contributed by atoms with E-state index in [-0.39, 0.29) is 31.5 Å². The molecule has 0 radical (unpaired) electrons. The summed E-state index contributed by atoms with van der Waals surface area (Å²) in [5.74, 6) is 0. The number of aromatic nitrogens is 2. The van der Waals surface area contributed by atoms with Crippen molar-refractivity contribution in [1.29, 1.82) is 0 Å². The first kappa shape index (κ1) is 20.7. The highest BCUT2D eigenvalue weighted by Gasteiger charge is 2.02. The van der Waals surface area contributed by atoms with Gasteiger partial charge in [-0.1, -0.05) is 12.1 Å². The van der Waals surface area contributed by atoms with Gasteiger partial charge in [-0.2, -0.15) is 5.10 Å². The van der Waals surface area contributed by atoms with Crippen LogP contribution < -0.4 is 10.2 Å². The Morgan fingerprint density at radius 1 is 1.09 bits per heavy atom. The summed E-state index contributed by atoms with van der Waals surface area (Å²) in [6.07, 6.45) is 1.71. The zero-order valence-electron chi connectivity index (χ0n) is 12.8. The normalized spacial score (nSPS) is 9.77. The summed E-state index contributed by atoms with van der Waals surface area (Å²) in [6.45, 7) is 1.41. The summed E-state index contributed by atoms with van der Waals surface area (Å²) in [5.41, 5.74) is 3.43. The maximum Gasteiger partial charge on any atom is 0.109 e. The second-order valence-corrected chi connectivity index (χ2v) is 4.90. The maximum atomic E-state index is 12.3. The second-order valence-electron chi connectivity index (χ2n) is 4.90. The number of hydrogen-bond acceptors (Lipinski definition) is 3. The molecule has 0 saturated heterocycles. The molecule has 0 aliphatic heterocycles. The lowest BCUT2D eigenvalue weighted by molar-refractivity contribution is 0.417. The lowest BCUT2D eigenvalue weighted by Gasteiger charge is -2.13.